The van der Waals surface area contributed by atoms with Crippen LogP contribution in [-0.2, 0) is 4.74 Å². The van der Waals surface area contributed by atoms with Crippen molar-refractivity contribution < 1.29 is 19.4 Å². The van der Waals surface area contributed by atoms with E-state index in [2.05, 4.69) is 18.7 Å². The molecule has 1 aromatic carbocycles. The van der Waals surface area contributed by atoms with E-state index in [1.54, 1.807) is 24.3 Å². The molecule has 1 saturated heterocycles. The molecule has 1 aromatic rings. The molecule has 1 N–H and O–H groups in total. The Labute approximate surface area is 125 Å². The van der Waals surface area contributed by atoms with Gasteiger partial charge < -0.3 is 14.6 Å². The second kappa shape index (κ2) is 6.91. The standard InChI is InChI=1S/C16H23NO4/c1-16(2)12-20-10-8-17(16)7-4-9-21-14-6-3-5-13(11-14)15(18)19/h3,5-6,11H,4,7-10,12H2,1-2H3,(H,18,19). The average molecular weight is 293 g/mol. The van der Waals surface area contributed by atoms with Gasteiger partial charge in [-0.2, -0.15) is 0 Å². The second-order valence-corrected chi connectivity index (χ2v) is 5.89. The SMILES string of the molecule is CC1(C)COCCN1CCCOc1cccc(C(=O)O)c1. The molecule has 0 unspecified atom stereocenters. The zero-order chi connectivity index (χ0) is 15.3. The van der Waals surface area contributed by atoms with Gasteiger partial charge in [0, 0.05) is 18.6 Å². The molecule has 0 radical (unpaired) electrons. The molecule has 5 nitrogen and oxygen atoms in total. The summed E-state index contributed by atoms with van der Waals surface area (Å²) in [6, 6.07) is 6.60. The smallest absolute Gasteiger partial charge is 0.335 e. The highest BCUT2D eigenvalue weighted by atomic mass is 16.5. The highest BCUT2D eigenvalue weighted by molar-refractivity contribution is 5.87. The molecule has 1 heterocycles. The Bertz CT molecular complexity index is 487. The van der Waals surface area contributed by atoms with E-state index >= 15 is 0 Å². The predicted octanol–water partition coefficient (Wildman–Crippen LogP) is 2.26. The number of morpholine rings is 1. The molecule has 1 aliphatic rings. The van der Waals surface area contributed by atoms with Crippen LogP contribution in [-0.4, -0.2) is 54.4 Å². The molecule has 116 valence electrons. The number of aromatic carboxylic acids is 1. The first-order valence-corrected chi connectivity index (χ1v) is 7.28. The van der Waals surface area contributed by atoms with E-state index in [9.17, 15) is 4.79 Å². The fourth-order valence-corrected chi connectivity index (χ4v) is 2.47. The second-order valence-electron chi connectivity index (χ2n) is 5.89. The fourth-order valence-electron chi connectivity index (χ4n) is 2.47. The van der Waals surface area contributed by atoms with Crippen molar-refractivity contribution in [1.29, 1.82) is 0 Å². The quantitative estimate of drug-likeness (QED) is 0.815. The van der Waals surface area contributed by atoms with Gasteiger partial charge in [-0.25, -0.2) is 4.79 Å². The summed E-state index contributed by atoms with van der Waals surface area (Å²) in [5.41, 5.74) is 0.323. The van der Waals surface area contributed by atoms with E-state index < -0.39 is 5.97 Å². The van der Waals surface area contributed by atoms with Crippen LogP contribution < -0.4 is 4.74 Å². The number of carboxylic acids is 1. The van der Waals surface area contributed by atoms with Crippen LogP contribution in [0.15, 0.2) is 24.3 Å². The minimum absolute atomic E-state index is 0.0709. The van der Waals surface area contributed by atoms with Crippen molar-refractivity contribution in [2.45, 2.75) is 25.8 Å². The summed E-state index contributed by atoms with van der Waals surface area (Å²) in [7, 11) is 0. The van der Waals surface area contributed by atoms with E-state index in [0.717, 1.165) is 32.7 Å². The maximum atomic E-state index is 10.9. The Hall–Kier alpha value is -1.59. The minimum atomic E-state index is -0.935. The molecule has 0 bridgehead atoms. The fraction of sp³-hybridized carbons (Fsp3) is 0.562. The third-order valence-corrected chi connectivity index (χ3v) is 3.74. The molecule has 0 amide bonds. The van der Waals surface area contributed by atoms with E-state index in [4.69, 9.17) is 14.6 Å². The van der Waals surface area contributed by atoms with Crippen LogP contribution in [0.3, 0.4) is 0 Å². The van der Waals surface area contributed by atoms with Gasteiger partial charge in [0.25, 0.3) is 0 Å². The minimum Gasteiger partial charge on any atom is -0.494 e. The summed E-state index contributed by atoms with van der Waals surface area (Å²) in [5, 5.41) is 8.93. The lowest BCUT2D eigenvalue weighted by Gasteiger charge is -2.42. The Morgan fingerprint density at radius 2 is 2.29 bits per heavy atom. The molecule has 1 fully saturated rings. The normalized spacial score (nSPS) is 18.4. The lowest BCUT2D eigenvalue weighted by atomic mass is 10.0. The van der Waals surface area contributed by atoms with Crippen LogP contribution in [0.4, 0.5) is 0 Å². The molecule has 0 aromatic heterocycles. The average Bonchev–Trinajstić information content (AvgIpc) is 2.45. The van der Waals surface area contributed by atoms with Crippen molar-refractivity contribution in [1.82, 2.24) is 4.90 Å². The Kier molecular flexibility index (Phi) is 5.20. The van der Waals surface area contributed by atoms with E-state index in [-0.39, 0.29) is 11.1 Å². The largest absolute Gasteiger partial charge is 0.494 e. The molecule has 0 atom stereocenters. The summed E-state index contributed by atoms with van der Waals surface area (Å²) in [6.45, 7) is 8.39. The van der Waals surface area contributed by atoms with Gasteiger partial charge in [0.05, 0.1) is 25.4 Å². The highest BCUT2D eigenvalue weighted by Crippen LogP contribution is 2.19. The summed E-state index contributed by atoms with van der Waals surface area (Å²) >= 11 is 0. The zero-order valence-electron chi connectivity index (χ0n) is 12.7. The first-order chi connectivity index (χ1) is 9.99. The number of nitrogens with zero attached hydrogens (tertiary/aromatic N) is 1. The number of carbonyl (C=O) groups is 1. The van der Waals surface area contributed by atoms with Crippen LogP contribution in [0.1, 0.15) is 30.6 Å². The molecule has 1 aliphatic heterocycles. The van der Waals surface area contributed by atoms with Gasteiger partial charge in [-0.05, 0) is 38.5 Å². The van der Waals surface area contributed by atoms with Gasteiger partial charge in [-0.3, -0.25) is 4.90 Å². The monoisotopic (exact) mass is 293 g/mol. The summed E-state index contributed by atoms with van der Waals surface area (Å²) in [4.78, 5) is 13.3. The third-order valence-electron chi connectivity index (χ3n) is 3.74. The molecular formula is C16H23NO4. The number of ether oxygens (including phenoxy) is 2. The first kappa shape index (κ1) is 15.8. The van der Waals surface area contributed by atoms with Crippen molar-refractivity contribution in [3.63, 3.8) is 0 Å². The number of carboxylic acid groups (broad SMARTS) is 1. The van der Waals surface area contributed by atoms with Gasteiger partial charge in [0.15, 0.2) is 0 Å². The van der Waals surface area contributed by atoms with Gasteiger partial charge in [0.2, 0.25) is 0 Å². The van der Waals surface area contributed by atoms with Crippen LogP contribution in [0, 0.1) is 0 Å². The Balaban J connectivity index is 1.77. The summed E-state index contributed by atoms with van der Waals surface area (Å²) in [5.74, 6) is -0.327. The van der Waals surface area contributed by atoms with Gasteiger partial charge in [-0.1, -0.05) is 6.07 Å². The highest BCUT2D eigenvalue weighted by Gasteiger charge is 2.29. The molecule has 5 heteroatoms. The molecule has 0 aliphatic carbocycles. The van der Waals surface area contributed by atoms with Crippen molar-refractivity contribution in [2.24, 2.45) is 0 Å². The molecule has 21 heavy (non-hydrogen) atoms. The summed E-state index contributed by atoms with van der Waals surface area (Å²) < 4.78 is 11.1. The van der Waals surface area contributed by atoms with Gasteiger partial charge >= 0.3 is 5.97 Å². The van der Waals surface area contributed by atoms with E-state index in [1.165, 1.54) is 0 Å². The van der Waals surface area contributed by atoms with Crippen LogP contribution in [0.2, 0.25) is 0 Å². The van der Waals surface area contributed by atoms with Crippen LogP contribution in [0.5, 0.6) is 5.75 Å². The number of hydrogen-bond acceptors (Lipinski definition) is 4. The predicted molar refractivity (Wildman–Crippen MR) is 80.0 cm³/mol. The van der Waals surface area contributed by atoms with E-state index in [1.807, 2.05) is 0 Å². The Morgan fingerprint density at radius 1 is 1.48 bits per heavy atom. The maximum Gasteiger partial charge on any atom is 0.335 e. The van der Waals surface area contributed by atoms with Crippen molar-refractivity contribution in [2.75, 3.05) is 32.9 Å². The lowest BCUT2D eigenvalue weighted by Crippen LogP contribution is -2.53. The third kappa shape index (κ3) is 4.44. The van der Waals surface area contributed by atoms with E-state index in [0.29, 0.717) is 12.4 Å². The topological polar surface area (TPSA) is 59.0 Å². The number of rotatable bonds is 6. The van der Waals surface area contributed by atoms with Crippen molar-refractivity contribution >= 4 is 5.97 Å². The number of hydrogen-bond donors (Lipinski definition) is 1. The van der Waals surface area contributed by atoms with Gasteiger partial charge in [-0.15, -0.1) is 0 Å². The zero-order valence-corrected chi connectivity index (χ0v) is 12.7. The molecular weight excluding hydrogens is 270 g/mol. The van der Waals surface area contributed by atoms with Crippen molar-refractivity contribution in [3.8, 4) is 5.75 Å². The van der Waals surface area contributed by atoms with Crippen LogP contribution in [0.25, 0.3) is 0 Å². The van der Waals surface area contributed by atoms with Crippen molar-refractivity contribution in [3.05, 3.63) is 29.8 Å². The lowest BCUT2D eigenvalue weighted by molar-refractivity contribution is -0.0521. The number of benzene rings is 1. The van der Waals surface area contributed by atoms with Gasteiger partial charge in [0.1, 0.15) is 5.75 Å². The molecule has 0 saturated carbocycles. The first-order valence-electron chi connectivity index (χ1n) is 7.28. The molecule has 2 rings (SSSR count). The molecule has 0 spiro atoms. The maximum absolute atomic E-state index is 10.9. The van der Waals surface area contributed by atoms with Crippen LogP contribution >= 0.6 is 0 Å². The summed E-state index contributed by atoms with van der Waals surface area (Å²) in [6.07, 6.45) is 0.904. The Morgan fingerprint density at radius 3 is 3.00 bits per heavy atom.